The number of ether oxygens (including phenoxy) is 2. The van der Waals surface area contributed by atoms with E-state index in [1.54, 1.807) is 24.3 Å². The number of amides is 1. The van der Waals surface area contributed by atoms with Crippen molar-refractivity contribution in [3.8, 4) is 11.5 Å². The summed E-state index contributed by atoms with van der Waals surface area (Å²) in [5.74, 6) is -1.32. The number of alkyl halides is 3. The first kappa shape index (κ1) is 23.3. The number of Topliss-reactive ketones (excluding diaryl/α,β-unsaturated/α-hetero) is 1. The average molecular weight is 521 g/mol. The molecule has 38 heavy (non-hydrogen) atoms. The van der Waals surface area contributed by atoms with Gasteiger partial charge in [-0.05, 0) is 49.2 Å². The number of benzene rings is 3. The second-order valence-electron chi connectivity index (χ2n) is 10.2. The fraction of sp³-hybridized carbons (Fsp3) is 0.310. The standard InChI is InChI=1S/C29H23F3N2O4/c30-29(31,32)19-9-4-8-18-25(19)33-27(36)28(18)24(26(35)17-11-12-21-22(14-17)38-15-37-21)23(16-6-2-1-3-7-16)20-10-5-13-34(20)28/h1-4,6-9,11-12,14,20,23-24H,5,10,13,15H2,(H,33,36)/t20?,23?,24?,28-/m1/s1. The van der Waals surface area contributed by atoms with E-state index in [-0.39, 0.29) is 29.9 Å². The molecule has 0 aliphatic carbocycles. The molecule has 2 saturated heterocycles. The lowest BCUT2D eigenvalue weighted by Gasteiger charge is -2.37. The maximum absolute atomic E-state index is 14.5. The van der Waals surface area contributed by atoms with Gasteiger partial charge in [0.1, 0.15) is 5.54 Å². The molecule has 4 atom stereocenters. The van der Waals surface area contributed by atoms with Crippen LogP contribution in [0.3, 0.4) is 0 Å². The Morgan fingerprint density at radius 2 is 1.79 bits per heavy atom. The second kappa shape index (κ2) is 8.07. The van der Waals surface area contributed by atoms with Crippen LogP contribution < -0.4 is 14.8 Å². The van der Waals surface area contributed by atoms with Gasteiger partial charge in [0.25, 0.3) is 0 Å². The number of halogens is 3. The Kier molecular flexibility index (Phi) is 4.95. The van der Waals surface area contributed by atoms with Gasteiger partial charge in [0, 0.05) is 23.1 Å². The van der Waals surface area contributed by atoms with Gasteiger partial charge >= 0.3 is 6.18 Å². The number of rotatable bonds is 3. The van der Waals surface area contributed by atoms with E-state index in [2.05, 4.69) is 5.32 Å². The van der Waals surface area contributed by atoms with Crippen LogP contribution in [0.1, 0.15) is 45.8 Å². The molecular weight excluding hydrogens is 497 g/mol. The molecule has 4 aliphatic rings. The Balaban J connectivity index is 1.48. The predicted octanol–water partition coefficient (Wildman–Crippen LogP) is 5.34. The van der Waals surface area contributed by atoms with E-state index < -0.39 is 35.0 Å². The zero-order valence-corrected chi connectivity index (χ0v) is 20.1. The molecule has 7 rings (SSSR count). The van der Waals surface area contributed by atoms with Crippen molar-refractivity contribution in [3.63, 3.8) is 0 Å². The summed E-state index contributed by atoms with van der Waals surface area (Å²) in [5.41, 5.74) is -1.32. The van der Waals surface area contributed by atoms with Crippen LogP contribution in [0.25, 0.3) is 0 Å². The van der Waals surface area contributed by atoms with Gasteiger partial charge in [0.2, 0.25) is 12.7 Å². The molecule has 9 heteroatoms. The number of ketones is 1. The van der Waals surface area contributed by atoms with Crippen LogP contribution in [0, 0.1) is 5.92 Å². The van der Waals surface area contributed by atoms with Crippen molar-refractivity contribution in [2.75, 3.05) is 18.7 Å². The smallest absolute Gasteiger partial charge is 0.418 e. The summed E-state index contributed by atoms with van der Waals surface area (Å²) < 4.78 is 53.0. The number of nitrogens with zero attached hydrogens (tertiary/aromatic N) is 1. The maximum atomic E-state index is 14.5. The minimum Gasteiger partial charge on any atom is -0.454 e. The number of nitrogens with one attached hydrogen (secondary N) is 1. The zero-order valence-electron chi connectivity index (χ0n) is 20.1. The number of fused-ring (bicyclic) bond motifs is 5. The molecule has 3 aromatic rings. The monoisotopic (exact) mass is 520 g/mol. The van der Waals surface area contributed by atoms with E-state index in [4.69, 9.17) is 9.47 Å². The van der Waals surface area contributed by atoms with Crippen molar-refractivity contribution < 1.29 is 32.2 Å². The van der Waals surface area contributed by atoms with E-state index in [0.29, 0.717) is 23.6 Å². The number of hydrogen-bond acceptors (Lipinski definition) is 5. The van der Waals surface area contributed by atoms with Crippen LogP contribution in [-0.2, 0) is 16.5 Å². The summed E-state index contributed by atoms with van der Waals surface area (Å²) in [5, 5.41) is 2.57. The Morgan fingerprint density at radius 3 is 2.58 bits per heavy atom. The number of para-hydroxylation sites is 1. The molecule has 1 spiro atoms. The van der Waals surface area contributed by atoms with Gasteiger partial charge in [-0.3, -0.25) is 14.5 Å². The van der Waals surface area contributed by atoms with Crippen molar-refractivity contribution in [1.29, 1.82) is 0 Å². The summed E-state index contributed by atoms with van der Waals surface area (Å²) >= 11 is 0. The molecule has 2 fully saturated rings. The minimum absolute atomic E-state index is 0.0405. The predicted molar refractivity (Wildman–Crippen MR) is 131 cm³/mol. The Hall–Kier alpha value is -3.85. The van der Waals surface area contributed by atoms with Crippen molar-refractivity contribution in [1.82, 2.24) is 4.90 Å². The quantitative estimate of drug-likeness (QED) is 0.472. The first-order valence-electron chi connectivity index (χ1n) is 12.6. The van der Waals surface area contributed by atoms with Crippen molar-refractivity contribution in [2.24, 2.45) is 5.92 Å². The molecular formula is C29H23F3N2O4. The number of carbonyl (C=O) groups excluding carboxylic acids is 2. The molecule has 3 aromatic carbocycles. The Morgan fingerprint density at radius 1 is 1.00 bits per heavy atom. The minimum atomic E-state index is -4.66. The lowest BCUT2D eigenvalue weighted by Crippen LogP contribution is -2.52. The van der Waals surface area contributed by atoms with Gasteiger partial charge in [0.15, 0.2) is 17.3 Å². The van der Waals surface area contributed by atoms with E-state index in [1.807, 2.05) is 35.2 Å². The molecule has 4 heterocycles. The van der Waals surface area contributed by atoms with Gasteiger partial charge in [0.05, 0.1) is 17.2 Å². The molecule has 0 radical (unpaired) electrons. The highest BCUT2D eigenvalue weighted by Crippen LogP contribution is 2.62. The lowest BCUT2D eigenvalue weighted by atomic mass is 9.68. The second-order valence-corrected chi connectivity index (χ2v) is 10.2. The van der Waals surface area contributed by atoms with Crippen LogP contribution in [0.15, 0.2) is 66.7 Å². The van der Waals surface area contributed by atoms with E-state index >= 15 is 0 Å². The van der Waals surface area contributed by atoms with E-state index in [0.717, 1.165) is 24.5 Å². The zero-order chi connectivity index (χ0) is 26.2. The summed E-state index contributed by atoms with van der Waals surface area (Å²) in [6, 6.07) is 18.1. The molecule has 0 bridgehead atoms. The third-order valence-corrected chi connectivity index (χ3v) is 8.47. The van der Waals surface area contributed by atoms with Crippen LogP contribution >= 0.6 is 0 Å². The molecule has 4 aliphatic heterocycles. The van der Waals surface area contributed by atoms with Gasteiger partial charge in [-0.15, -0.1) is 0 Å². The van der Waals surface area contributed by atoms with Gasteiger partial charge in [-0.1, -0.05) is 42.5 Å². The van der Waals surface area contributed by atoms with Crippen molar-refractivity contribution >= 4 is 17.4 Å². The normalized spacial score (nSPS) is 27.4. The largest absolute Gasteiger partial charge is 0.454 e. The van der Waals surface area contributed by atoms with Crippen molar-refractivity contribution in [2.45, 2.75) is 36.5 Å². The summed E-state index contributed by atoms with van der Waals surface area (Å²) in [7, 11) is 0. The highest BCUT2D eigenvalue weighted by Gasteiger charge is 2.69. The molecule has 194 valence electrons. The molecule has 0 aromatic heterocycles. The molecule has 1 N–H and O–H groups in total. The van der Waals surface area contributed by atoms with Crippen molar-refractivity contribution in [3.05, 3.63) is 89.0 Å². The third kappa shape index (κ3) is 3.05. The molecule has 6 nitrogen and oxygen atoms in total. The maximum Gasteiger partial charge on any atom is 0.418 e. The van der Waals surface area contributed by atoms with Crippen LogP contribution in [0.2, 0.25) is 0 Å². The van der Waals surface area contributed by atoms with Gasteiger partial charge < -0.3 is 14.8 Å². The van der Waals surface area contributed by atoms with Crippen LogP contribution in [0.4, 0.5) is 18.9 Å². The fourth-order valence-corrected chi connectivity index (χ4v) is 7.10. The first-order chi connectivity index (χ1) is 18.3. The molecule has 1 amide bonds. The van der Waals surface area contributed by atoms with E-state index in [9.17, 15) is 22.8 Å². The summed E-state index contributed by atoms with van der Waals surface area (Å²) in [6.45, 7) is 0.543. The van der Waals surface area contributed by atoms with Gasteiger partial charge in [-0.2, -0.15) is 13.2 Å². The topological polar surface area (TPSA) is 67.9 Å². The Labute approximate surface area is 216 Å². The van der Waals surface area contributed by atoms with E-state index in [1.165, 1.54) is 6.07 Å². The Bertz CT molecular complexity index is 1470. The van der Waals surface area contributed by atoms with Gasteiger partial charge in [-0.25, -0.2) is 0 Å². The molecule has 3 unspecified atom stereocenters. The SMILES string of the molecule is O=C(c1ccc2c(c1)OCO2)C1C(c2ccccc2)C2CCCN2[C@@]12C(=O)Nc1c(C(F)(F)F)cccc12. The molecule has 0 saturated carbocycles. The number of carbonyl (C=O) groups is 2. The number of hydrogen-bond donors (Lipinski definition) is 1. The van der Waals surface area contributed by atoms with Crippen LogP contribution in [-0.4, -0.2) is 36.0 Å². The van der Waals surface area contributed by atoms with Crippen LogP contribution in [0.5, 0.6) is 11.5 Å². The number of anilines is 1. The summed E-state index contributed by atoms with van der Waals surface area (Å²) in [4.78, 5) is 30.6. The fourth-order valence-electron chi connectivity index (χ4n) is 7.10. The summed E-state index contributed by atoms with van der Waals surface area (Å²) in [6.07, 6.45) is -3.15. The highest BCUT2D eigenvalue weighted by molar-refractivity contribution is 6.13. The average Bonchev–Trinajstić information content (AvgIpc) is 3.67. The highest BCUT2D eigenvalue weighted by atomic mass is 19.4. The lowest BCUT2D eigenvalue weighted by molar-refractivity contribution is -0.136. The first-order valence-corrected chi connectivity index (χ1v) is 12.6. The third-order valence-electron chi connectivity index (χ3n) is 8.47.